The van der Waals surface area contributed by atoms with Crippen molar-refractivity contribution in [1.82, 2.24) is 39.9 Å². The number of ether oxygens (including phenoxy) is 1. The Balaban J connectivity index is 0.685. The van der Waals surface area contributed by atoms with E-state index in [0.29, 0.717) is 74.6 Å². The number of piperazine rings is 2. The first-order valence-electron chi connectivity index (χ1n) is 36.1. The maximum absolute atomic E-state index is 14.8. The molecule has 30 heteroatoms. The van der Waals surface area contributed by atoms with E-state index in [1.807, 2.05) is 66.2 Å². The number of sulfonamides is 1. The third kappa shape index (κ3) is 20.3. The minimum atomic E-state index is -6.20. The van der Waals surface area contributed by atoms with Crippen molar-refractivity contribution in [1.29, 1.82) is 0 Å². The van der Waals surface area contributed by atoms with E-state index in [1.165, 1.54) is 56.8 Å². The summed E-state index contributed by atoms with van der Waals surface area (Å²) in [6.45, 7) is 17.4. The Hall–Kier alpha value is -7.64. The number of amides is 5. The molecule has 11 rings (SSSR count). The van der Waals surface area contributed by atoms with Gasteiger partial charge in [-0.15, -0.1) is 23.1 Å². The molecule has 1 aromatic heterocycles. The van der Waals surface area contributed by atoms with Crippen molar-refractivity contribution < 1.29 is 68.2 Å². The quantitative estimate of drug-likeness (QED) is 0.0174. The Morgan fingerprint density at radius 1 is 0.832 bits per heavy atom. The Labute approximate surface area is 636 Å². The lowest BCUT2D eigenvalue weighted by molar-refractivity contribution is -0.145. The molecule has 4 atom stereocenters. The number of nitrogens with zero attached hydrogens (tertiary/aromatic N) is 6. The Morgan fingerprint density at radius 3 is 2.17 bits per heavy atom. The number of benzene rings is 5. The van der Waals surface area contributed by atoms with Crippen molar-refractivity contribution in [3.05, 3.63) is 154 Å². The maximum Gasteiger partial charge on any atom is 0.501 e. The molecule has 21 nitrogen and oxygen atoms in total. The van der Waals surface area contributed by atoms with Crippen LogP contribution in [0, 0.1) is 17.8 Å². The van der Waals surface area contributed by atoms with Crippen molar-refractivity contribution in [3.8, 4) is 16.2 Å². The van der Waals surface area contributed by atoms with Gasteiger partial charge in [0.25, 0.3) is 31.7 Å². The molecule has 0 unspecified atom stereocenters. The molecule has 6 aromatic rings. The van der Waals surface area contributed by atoms with Crippen LogP contribution >= 0.6 is 34.7 Å². The number of carbonyl (C=O) groups excluding carboxylic acids is 5. The number of alkyl halides is 4. The summed E-state index contributed by atoms with van der Waals surface area (Å²) in [4.78, 5) is 81.9. The van der Waals surface area contributed by atoms with E-state index in [9.17, 15) is 63.5 Å². The van der Waals surface area contributed by atoms with Gasteiger partial charge >= 0.3 is 5.51 Å². The zero-order valence-electron chi connectivity index (χ0n) is 60.9. The predicted octanol–water partition coefficient (Wildman–Crippen LogP) is 11.5. The Bertz CT molecular complexity index is 4470. The molecule has 5 aromatic carbocycles. The van der Waals surface area contributed by atoms with Crippen molar-refractivity contribution >= 4 is 101 Å². The summed E-state index contributed by atoms with van der Waals surface area (Å²) >= 11 is 9.05. The summed E-state index contributed by atoms with van der Waals surface area (Å²) in [5.74, 6) is -2.56. The number of allylic oxidation sites excluding steroid dienone is 1. The number of halogens is 5. The van der Waals surface area contributed by atoms with Crippen LogP contribution in [-0.2, 0) is 45.6 Å². The highest BCUT2D eigenvalue weighted by molar-refractivity contribution is 7.99. The highest BCUT2D eigenvalue weighted by Crippen LogP contribution is 2.44. The molecule has 107 heavy (non-hydrogen) atoms. The third-order valence-corrected chi connectivity index (χ3v) is 25.7. The van der Waals surface area contributed by atoms with E-state index in [4.69, 9.17) is 16.3 Å². The van der Waals surface area contributed by atoms with Gasteiger partial charge in [-0.1, -0.05) is 94.3 Å². The number of hydrogen-bond acceptors (Lipinski definition) is 18. The molecule has 3 aliphatic heterocycles. The van der Waals surface area contributed by atoms with E-state index < -0.39 is 99.8 Å². The van der Waals surface area contributed by atoms with Crippen LogP contribution in [0.5, 0.6) is 5.75 Å². The van der Waals surface area contributed by atoms with Gasteiger partial charge in [0.1, 0.15) is 22.7 Å². The summed E-state index contributed by atoms with van der Waals surface area (Å²) in [7, 11) is -11.2. The van der Waals surface area contributed by atoms with E-state index in [-0.39, 0.29) is 74.4 Å². The van der Waals surface area contributed by atoms with E-state index in [2.05, 4.69) is 61.6 Å². The van der Waals surface area contributed by atoms with Crippen molar-refractivity contribution in [3.63, 3.8) is 0 Å². The molecule has 3 saturated heterocycles. The molecule has 5 aliphatic rings. The molecular formula is C77H93ClF4N10O11S4. The number of carbonyl (C=O) groups is 5. The first-order valence-corrected chi connectivity index (χ1v) is 41.3. The number of anilines is 2. The van der Waals surface area contributed by atoms with Crippen LogP contribution < -0.4 is 30.3 Å². The fraction of sp³-hybridized carbons (Fsp3) is 0.481. The zero-order valence-corrected chi connectivity index (χ0v) is 64.9. The first kappa shape index (κ1) is 80.4. The average molecular weight is 1570 g/mol. The highest BCUT2D eigenvalue weighted by Gasteiger charge is 2.54. The molecule has 5 N–H and O–H groups in total. The summed E-state index contributed by atoms with van der Waals surface area (Å²) in [5, 5.41) is 19.9. The van der Waals surface area contributed by atoms with Gasteiger partial charge in [0, 0.05) is 130 Å². The first-order chi connectivity index (χ1) is 50.6. The van der Waals surface area contributed by atoms with E-state index in [1.54, 1.807) is 49.4 Å². The molecule has 0 radical (unpaired) electrons. The maximum atomic E-state index is 14.8. The fourth-order valence-electron chi connectivity index (χ4n) is 14.0. The topological polar surface area (TPSA) is 260 Å². The fourth-order valence-corrected chi connectivity index (χ4v) is 18.0. The van der Waals surface area contributed by atoms with Crippen LogP contribution in [0.4, 0.5) is 28.9 Å². The summed E-state index contributed by atoms with van der Waals surface area (Å²) < 4.78 is 122. The second kappa shape index (κ2) is 33.7. The smallest absolute Gasteiger partial charge is 0.493 e. The average Bonchev–Trinajstić information content (AvgIpc) is 1.64. The SMILES string of the molecule is Cc1ncsc1-c1ccc(CNC(=O)[C@@H]2C[C@@H](O)CN2C(=O)[C@@H](NC(=O)C2(F)CC2)C(C)(C)C)c(OCCCC(=O)N2CCN(CC[C@H](CSc3ccccc3)Nc3ccc(S(=O)(=O)NC(=O)c4ccc(N5CCN(CC6=C(c7ccc(Cl)cc7)CCC(C)(C)C6)CC5)cc4)cc3S(=O)(=O)C(F)(F)F)CC2)c1. The predicted molar refractivity (Wildman–Crippen MR) is 407 cm³/mol. The van der Waals surface area contributed by atoms with Crippen LogP contribution in [-0.4, -0.2) is 196 Å². The molecule has 0 bridgehead atoms. The standard InChI is InChI=1S/C77H93ClF4N10O11S4/c1-50-68(105-49-84-50)53-14-15-54(45-83-71(96)64-42-59(93)47-92(64)72(97)69(74(2,3)4)86-73(98)76(79)29-30-76)65(41-53)103-40-10-13-67(94)91-38-32-88(33-39-91)31-27-57(48-104-60-11-8-7-9-12-60)85-63-25-24-61(43-66(63)106(99,100)77(80,81)82)107(101,102)87-70(95)52-18-22-58(23-19-52)90-36-34-89(35-37-90)46-55-44-75(5,6)28-26-62(55)51-16-20-56(78)21-17-51/h7-9,11-12,14-25,41,43,49,57,59,64,69,85,93H,10,13,26-40,42,44-48H2,1-6H3,(H,83,96)(H,86,98)(H,87,95)/t57-,59-,64+,69-/m1/s1. The van der Waals surface area contributed by atoms with Gasteiger partial charge in [0.05, 0.1) is 39.4 Å². The lowest BCUT2D eigenvalue weighted by atomic mass is 9.73. The van der Waals surface area contributed by atoms with Crippen LogP contribution in [0.25, 0.3) is 16.0 Å². The number of rotatable bonds is 28. The minimum absolute atomic E-state index is 0.0340. The number of thioether (sulfide) groups is 1. The molecule has 4 heterocycles. The van der Waals surface area contributed by atoms with E-state index >= 15 is 0 Å². The lowest BCUT2D eigenvalue weighted by Crippen LogP contribution is -2.59. The third-order valence-electron chi connectivity index (χ3n) is 20.5. The number of hydrogen-bond donors (Lipinski definition) is 5. The van der Waals surface area contributed by atoms with Gasteiger partial charge in [0.15, 0.2) is 5.67 Å². The van der Waals surface area contributed by atoms with Gasteiger partial charge in [-0.25, -0.2) is 30.9 Å². The number of aromatic nitrogens is 1. The Kier molecular flexibility index (Phi) is 25.3. The number of thiazole rings is 1. The Morgan fingerprint density at radius 2 is 1.51 bits per heavy atom. The molecule has 2 aliphatic carbocycles. The molecular weight excluding hydrogens is 1480 g/mol. The van der Waals surface area contributed by atoms with Gasteiger partial charge in [0.2, 0.25) is 17.7 Å². The molecule has 576 valence electrons. The molecule has 0 spiro atoms. The second-order valence-electron chi connectivity index (χ2n) is 30.2. The van der Waals surface area contributed by atoms with Gasteiger partial charge < -0.3 is 40.5 Å². The normalized spacial score (nSPS) is 19.2. The summed E-state index contributed by atoms with van der Waals surface area (Å²) in [6, 6.07) is 28.4. The van der Waals surface area contributed by atoms with Crippen LogP contribution in [0.3, 0.4) is 0 Å². The van der Waals surface area contributed by atoms with Gasteiger partial charge in [-0.05, 0) is 152 Å². The van der Waals surface area contributed by atoms with Gasteiger partial charge in [-0.2, -0.15) is 13.2 Å². The lowest BCUT2D eigenvalue weighted by Gasteiger charge is -2.39. The number of likely N-dealkylation sites (tertiary alicyclic amines) is 1. The van der Waals surface area contributed by atoms with Gasteiger partial charge in [-0.3, -0.25) is 33.8 Å². The van der Waals surface area contributed by atoms with Crippen LogP contribution in [0.1, 0.15) is 120 Å². The molecule has 5 amide bonds. The highest BCUT2D eigenvalue weighted by atomic mass is 35.5. The molecule has 1 saturated carbocycles. The monoisotopic (exact) mass is 1570 g/mol. The van der Waals surface area contributed by atoms with Crippen molar-refractivity contribution in [2.24, 2.45) is 10.8 Å². The zero-order chi connectivity index (χ0) is 76.8. The largest absolute Gasteiger partial charge is 0.501 e. The van der Waals surface area contributed by atoms with Crippen molar-refractivity contribution in [2.75, 3.05) is 94.6 Å². The summed E-state index contributed by atoms with van der Waals surface area (Å²) in [6.07, 6.45) is 2.83. The second-order valence-corrected chi connectivity index (χ2v) is 36.1. The molecule has 4 fully saturated rings. The number of aliphatic hydroxyl groups is 1. The number of aryl methyl sites for hydroxylation is 1. The van der Waals surface area contributed by atoms with Crippen LogP contribution in [0.2, 0.25) is 5.02 Å². The number of sulfone groups is 1. The number of β-amino-alcohol motifs (C(OH)–C–C–N with tert-alkyl or cyclic N) is 1. The van der Waals surface area contributed by atoms with Crippen LogP contribution in [0.15, 0.2) is 141 Å². The minimum Gasteiger partial charge on any atom is -0.493 e. The number of aliphatic hydroxyl groups excluding tert-OH is 1. The van der Waals surface area contributed by atoms with Crippen molar-refractivity contribution in [2.45, 2.75) is 156 Å². The number of nitrogens with one attached hydrogen (secondary N) is 4. The summed E-state index contributed by atoms with van der Waals surface area (Å²) in [5.41, 5.74) is -0.367. The van der Waals surface area contributed by atoms with E-state index in [0.717, 1.165) is 77.7 Å².